The van der Waals surface area contributed by atoms with Crippen molar-refractivity contribution >= 4 is 15.6 Å². The molecule has 11 heteroatoms. The molecular weight excluding hydrogens is 250 g/mol. The SMILES string of the molecule is Cc1ncc[nH]1.O=P(O)(O)OP(=O)(O)O. The molecule has 5 N–H and O–H groups in total. The third kappa shape index (κ3) is 11.4. The van der Waals surface area contributed by atoms with Gasteiger partial charge in [0, 0.05) is 12.4 Å². The molecule has 9 nitrogen and oxygen atoms in total. The number of imidazole rings is 1. The van der Waals surface area contributed by atoms with Gasteiger partial charge >= 0.3 is 15.6 Å². The summed E-state index contributed by atoms with van der Waals surface area (Å²) in [7, 11) is -10.1. The summed E-state index contributed by atoms with van der Waals surface area (Å²) in [5.74, 6) is 0.968. The smallest absolute Gasteiger partial charge is 0.349 e. The minimum absolute atomic E-state index is 0.968. The van der Waals surface area contributed by atoms with Crippen LogP contribution in [0.2, 0.25) is 0 Å². The van der Waals surface area contributed by atoms with Gasteiger partial charge in [-0.3, -0.25) is 0 Å². The second kappa shape index (κ2) is 5.53. The summed E-state index contributed by atoms with van der Waals surface area (Å²) in [6, 6.07) is 0. The average Bonchev–Trinajstić information content (AvgIpc) is 2.31. The van der Waals surface area contributed by atoms with Crippen LogP contribution in [0, 0.1) is 6.92 Å². The van der Waals surface area contributed by atoms with Crippen LogP contribution in [0.1, 0.15) is 5.82 Å². The summed E-state index contributed by atoms with van der Waals surface area (Å²) in [4.78, 5) is 37.7. The Morgan fingerprint density at radius 1 is 1.27 bits per heavy atom. The molecule has 0 saturated carbocycles. The largest absolute Gasteiger partial charge is 0.478 e. The highest BCUT2D eigenvalue weighted by Crippen LogP contribution is 2.53. The average molecular weight is 260 g/mol. The molecule has 0 spiro atoms. The first kappa shape index (κ1) is 14.5. The maximum atomic E-state index is 9.63. The van der Waals surface area contributed by atoms with E-state index in [2.05, 4.69) is 14.3 Å². The first-order valence-electron chi connectivity index (χ1n) is 3.38. The monoisotopic (exact) mass is 260 g/mol. The highest BCUT2D eigenvalue weighted by Gasteiger charge is 2.27. The van der Waals surface area contributed by atoms with E-state index in [1.807, 2.05) is 6.92 Å². The maximum Gasteiger partial charge on any atom is 0.478 e. The second-order valence-corrected chi connectivity index (χ2v) is 4.85. The lowest BCUT2D eigenvalue weighted by atomic mass is 10.8. The molecule has 0 aliphatic heterocycles. The van der Waals surface area contributed by atoms with Crippen molar-refractivity contribution in [1.82, 2.24) is 9.97 Å². The van der Waals surface area contributed by atoms with Gasteiger partial charge in [0.05, 0.1) is 0 Å². The fourth-order valence-corrected chi connectivity index (χ4v) is 1.59. The zero-order valence-electron chi connectivity index (χ0n) is 7.51. The van der Waals surface area contributed by atoms with Gasteiger partial charge in [0.25, 0.3) is 0 Å². The van der Waals surface area contributed by atoms with Gasteiger partial charge in [-0.05, 0) is 6.92 Å². The molecule has 0 unspecified atom stereocenters. The highest BCUT2D eigenvalue weighted by atomic mass is 31.3. The fourth-order valence-electron chi connectivity index (χ4n) is 0.483. The van der Waals surface area contributed by atoms with Gasteiger partial charge < -0.3 is 24.6 Å². The third-order valence-electron chi connectivity index (χ3n) is 0.848. The van der Waals surface area contributed by atoms with Crippen LogP contribution in [0.5, 0.6) is 0 Å². The predicted octanol–water partition coefficient (Wildman–Crippen LogP) is -0.0935. The Morgan fingerprint density at radius 2 is 1.73 bits per heavy atom. The van der Waals surface area contributed by atoms with Crippen LogP contribution >= 0.6 is 15.6 Å². The standard InChI is InChI=1S/C4H6N2.H4O7P2/c1-4-5-2-3-6-4;1-8(2,3)7-9(4,5)6/h2-3H,1H3,(H,5,6);(H2,1,2,3)(H2,4,5,6). The molecular formula is C4H10N2O7P2. The molecule has 0 aromatic carbocycles. The number of nitrogens with zero attached hydrogens (tertiary/aromatic N) is 1. The topological polar surface area (TPSA) is 153 Å². The van der Waals surface area contributed by atoms with Crippen molar-refractivity contribution in [2.45, 2.75) is 6.92 Å². The van der Waals surface area contributed by atoms with Crippen molar-refractivity contribution in [2.24, 2.45) is 0 Å². The Morgan fingerprint density at radius 3 is 1.80 bits per heavy atom. The molecule has 88 valence electrons. The number of rotatable bonds is 2. The van der Waals surface area contributed by atoms with E-state index in [0.717, 1.165) is 5.82 Å². The van der Waals surface area contributed by atoms with Crippen LogP contribution in [-0.2, 0) is 13.4 Å². The second-order valence-electron chi connectivity index (χ2n) is 2.24. The van der Waals surface area contributed by atoms with Crippen LogP contribution < -0.4 is 0 Å². The van der Waals surface area contributed by atoms with Crippen molar-refractivity contribution < 1.29 is 33.0 Å². The summed E-state index contributed by atoms with van der Waals surface area (Å²) < 4.78 is 22.2. The summed E-state index contributed by atoms with van der Waals surface area (Å²) >= 11 is 0. The molecule has 0 radical (unpaired) electrons. The van der Waals surface area contributed by atoms with Crippen LogP contribution in [-0.4, -0.2) is 29.5 Å². The number of hydrogen-bond acceptors (Lipinski definition) is 4. The summed E-state index contributed by atoms with van der Waals surface area (Å²) in [6.45, 7) is 1.92. The fraction of sp³-hybridized carbons (Fsp3) is 0.250. The number of phosphoric acid groups is 2. The summed E-state index contributed by atoms with van der Waals surface area (Å²) in [5, 5.41) is 0. The van der Waals surface area contributed by atoms with E-state index in [-0.39, 0.29) is 0 Å². The van der Waals surface area contributed by atoms with Gasteiger partial charge in [-0.2, -0.15) is 4.31 Å². The van der Waals surface area contributed by atoms with E-state index in [4.69, 9.17) is 19.6 Å². The maximum absolute atomic E-state index is 9.63. The molecule has 1 heterocycles. The van der Waals surface area contributed by atoms with Crippen molar-refractivity contribution in [3.63, 3.8) is 0 Å². The summed E-state index contributed by atoms with van der Waals surface area (Å²) in [5.41, 5.74) is 0. The first-order valence-corrected chi connectivity index (χ1v) is 6.44. The van der Waals surface area contributed by atoms with Crippen LogP contribution in [0.4, 0.5) is 0 Å². The van der Waals surface area contributed by atoms with E-state index < -0.39 is 15.6 Å². The predicted molar refractivity (Wildman–Crippen MR) is 48.5 cm³/mol. The minimum Gasteiger partial charge on any atom is -0.349 e. The lowest BCUT2D eigenvalue weighted by Gasteiger charge is -2.03. The normalized spacial score (nSPS) is 11.8. The number of aromatic nitrogens is 2. The van der Waals surface area contributed by atoms with E-state index in [1.54, 1.807) is 12.4 Å². The zero-order chi connectivity index (χ0) is 12.1. The molecule has 0 bridgehead atoms. The zero-order valence-corrected chi connectivity index (χ0v) is 9.30. The van der Waals surface area contributed by atoms with E-state index >= 15 is 0 Å². The lowest BCUT2D eigenvalue weighted by Crippen LogP contribution is -1.84. The Hall–Kier alpha value is -0.530. The molecule has 1 aromatic heterocycles. The van der Waals surface area contributed by atoms with E-state index in [1.165, 1.54) is 0 Å². The highest BCUT2D eigenvalue weighted by molar-refractivity contribution is 7.60. The Labute approximate surface area is 84.6 Å². The Kier molecular flexibility index (Phi) is 5.33. The quantitative estimate of drug-likeness (QED) is 0.462. The van der Waals surface area contributed by atoms with Gasteiger partial charge in [-0.1, -0.05) is 0 Å². The number of H-pyrrole nitrogens is 1. The lowest BCUT2D eigenvalue weighted by molar-refractivity contribution is 0.225. The van der Waals surface area contributed by atoms with Gasteiger partial charge in [0.1, 0.15) is 5.82 Å². The van der Waals surface area contributed by atoms with Crippen LogP contribution in [0.3, 0.4) is 0 Å². The van der Waals surface area contributed by atoms with Crippen LogP contribution in [0.15, 0.2) is 12.4 Å². The molecule has 15 heavy (non-hydrogen) atoms. The van der Waals surface area contributed by atoms with Gasteiger partial charge in [-0.25, -0.2) is 14.1 Å². The van der Waals surface area contributed by atoms with Crippen molar-refractivity contribution in [3.8, 4) is 0 Å². The molecule has 0 aliphatic carbocycles. The number of aryl methyl sites for hydroxylation is 1. The molecule has 0 aliphatic rings. The van der Waals surface area contributed by atoms with Crippen molar-refractivity contribution in [3.05, 3.63) is 18.2 Å². The van der Waals surface area contributed by atoms with Crippen molar-refractivity contribution in [2.75, 3.05) is 0 Å². The molecule has 0 fully saturated rings. The van der Waals surface area contributed by atoms with Gasteiger partial charge in [0.15, 0.2) is 0 Å². The Balaban J connectivity index is 0.000000280. The number of hydrogen-bond donors (Lipinski definition) is 5. The molecule has 0 atom stereocenters. The number of aromatic amines is 1. The van der Waals surface area contributed by atoms with E-state index in [9.17, 15) is 9.13 Å². The molecule has 1 aromatic rings. The van der Waals surface area contributed by atoms with Crippen molar-refractivity contribution in [1.29, 1.82) is 0 Å². The number of nitrogens with one attached hydrogen (secondary N) is 1. The minimum atomic E-state index is -5.05. The molecule has 1 rings (SSSR count). The summed E-state index contributed by atoms with van der Waals surface area (Å²) in [6.07, 6.45) is 3.53. The van der Waals surface area contributed by atoms with Gasteiger partial charge in [0.2, 0.25) is 0 Å². The van der Waals surface area contributed by atoms with E-state index in [0.29, 0.717) is 0 Å². The third-order valence-corrected chi connectivity index (χ3v) is 2.55. The van der Waals surface area contributed by atoms with Gasteiger partial charge in [-0.15, -0.1) is 0 Å². The van der Waals surface area contributed by atoms with Crippen LogP contribution in [0.25, 0.3) is 0 Å². The Bertz CT molecular complexity index is 344. The first-order chi connectivity index (χ1) is 6.60. The molecule has 0 saturated heterocycles. The molecule has 0 amide bonds.